The van der Waals surface area contributed by atoms with Gasteiger partial charge in [-0.25, -0.2) is 0 Å². The quantitative estimate of drug-likeness (QED) is 0.627. The van der Waals surface area contributed by atoms with Gasteiger partial charge in [0.2, 0.25) is 0 Å². The molecule has 5 nitrogen and oxygen atoms in total. The number of carbonyl (C=O) groups is 2. The average molecular weight is 236 g/mol. The van der Waals surface area contributed by atoms with Crippen molar-refractivity contribution in [2.75, 3.05) is 13.7 Å². The number of hydrogen-bond donors (Lipinski definition) is 1. The van der Waals surface area contributed by atoms with E-state index in [0.717, 1.165) is 5.56 Å². The minimum atomic E-state index is -1.15. The van der Waals surface area contributed by atoms with Crippen LogP contribution in [0.1, 0.15) is 11.5 Å². The van der Waals surface area contributed by atoms with Crippen molar-refractivity contribution in [3.63, 3.8) is 0 Å². The highest BCUT2D eigenvalue weighted by molar-refractivity contribution is 5.96. The maximum absolute atomic E-state index is 11.3. The van der Waals surface area contributed by atoms with E-state index in [1.165, 1.54) is 0 Å². The van der Waals surface area contributed by atoms with Crippen molar-refractivity contribution in [3.8, 4) is 5.75 Å². The summed E-state index contributed by atoms with van der Waals surface area (Å²) in [5.41, 5.74) is 0.768. The van der Waals surface area contributed by atoms with Gasteiger partial charge in [-0.2, -0.15) is 0 Å². The molecular weight excluding hydrogens is 224 g/mol. The Bertz CT molecular complexity index is 437. The Hall–Kier alpha value is -2.04. The first-order valence-electron chi connectivity index (χ1n) is 5.17. The second-order valence-electron chi connectivity index (χ2n) is 3.83. The third kappa shape index (κ3) is 2.08. The Morgan fingerprint density at radius 3 is 2.59 bits per heavy atom. The maximum Gasteiger partial charge on any atom is 0.321 e. The summed E-state index contributed by atoms with van der Waals surface area (Å²) in [4.78, 5) is 22.3. The van der Waals surface area contributed by atoms with Gasteiger partial charge in [-0.3, -0.25) is 9.59 Å². The molecule has 2 rings (SSSR count). The van der Waals surface area contributed by atoms with Gasteiger partial charge in [0.05, 0.1) is 13.7 Å². The van der Waals surface area contributed by atoms with Gasteiger partial charge in [0.15, 0.2) is 5.92 Å². The van der Waals surface area contributed by atoms with E-state index in [1.54, 1.807) is 31.4 Å². The molecule has 1 fully saturated rings. The van der Waals surface area contributed by atoms with Crippen molar-refractivity contribution in [1.82, 2.24) is 0 Å². The molecule has 17 heavy (non-hydrogen) atoms. The topological polar surface area (TPSA) is 72.8 Å². The molecule has 0 saturated carbocycles. The fourth-order valence-corrected chi connectivity index (χ4v) is 1.93. The number of carbonyl (C=O) groups excluding carboxylic acids is 1. The monoisotopic (exact) mass is 236 g/mol. The number of aliphatic carboxylic acids is 1. The van der Waals surface area contributed by atoms with Crippen LogP contribution in [-0.2, 0) is 14.3 Å². The van der Waals surface area contributed by atoms with Gasteiger partial charge in [0.1, 0.15) is 5.75 Å². The van der Waals surface area contributed by atoms with Crippen LogP contribution in [-0.4, -0.2) is 30.8 Å². The standard InChI is InChI=1S/C12H12O5/c1-16-8-4-2-7(3-5-8)9-6-17-12(15)10(9)11(13)14/h2-5,9-10H,6H2,1H3,(H,13,14). The summed E-state index contributed by atoms with van der Waals surface area (Å²) in [6.45, 7) is 0.113. The zero-order valence-corrected chi connectivity index (χ0v) is 9.25. The number of carboxylic acid groups (broad SMARTS) is 1. The molecule has 1 aliphatic rings. The Labute approximate surface area is 98.0 Å². The van der Waals surface area contributed by atoms with Gasteiger partial charge < -0.3 is 14.6 Å². The van der Waals surface area contributed by atoms with Crippen LogP contribution >= 0.6 is 0 Å². The number of cyclic esters (lactones) is 1. The van der Waals surface area contributed by atoms with Crippen LogP contribution in [0.2, 0.25) is 0 Å². The van der Waals surface area contributed by atoms with Crippen LogP contribution in [0.15, 0.2) is 24.3 Å². The number of rotatable bonds is 3. The number of methoxy groups -OCH3 is 1. The van der Waals surface area contributed by atoms with E-state index in [2.05, 4.69) is 0 Å². The predicted molar refractivity (Wildman–Crippen MR) is 57.8 cm³/mol. The molecule has 1 aromatic rings. The molecule has 90 valence electrons. The molecule has 0 radical (unpaired) electrons. The lowest BCUT2D eigenvalue weighted by Gasteiger charge is -2.12. The van der Waals surface area contributed by atoms with E-state index in [4.69, 9.17) is 14.6 Å². The zero-order valence-electron chi connectivity index (χ0n) is 9.25. The molecule has 0 spiro atoms. The molecule has 1 heterocycles. The van der Waals surface area contributed by atoms with Crippen molar-refractivity contribution in [1.29, 1.82) is 0 Å². The van der Waals surface area contributed by atoms with Crippen molar-refractivity contribution in [2.24, 2.45) is 5.92 Å². The lowest BCUT2D eigenvalue weighted by Crippen LogP contribution is -2.24. The Morgan fingerprint density at radius 2 is 2.06 bits per heavy atom. The number of hydrogen-bond acceptors (Lipinski definition) is 4. The molecule has 1 saturated heterocycles. The van der Waals surface area contributed by atoms with Gasteiger partial charge in [0, 0.05) is 5.92 Å². The molecule has 1 aromatic carbocycles. The van der Waals surface area contributed by atoms with Crippen LogP contribution in [0.25, 0.3) is 0 Å². The normalized spacial score (nSPS) is 23.2. The third-order valence-electron chi connectivity index (χ3n) is 2.87. The first kappa shape index (κ1) is 11.4. The molecule has 5 heteroatoms. The highest BCUT2D eigenvalue weighted by Crippen LogP contribution is 2.32. The number of benzene rings is 1. The van der Waals surface area contributed by atoms with E-state index in [9.17, 15) is 9.59 Å². The largest absolute Gasteiger partial charge is 0.497 e. The Morgan fingerprint density at radius 1 is 1.41 bits per heavy atom. The first-order valence-corrected chi connectivity index (χ1v) is 5.17. The Balaban J connectivity index is 2.26. The molecule has 0 bridgehead atoms. The van der Waals surface area contributed by atoms with Crippen LogP contribution < -0.4 is 4.74 Å². The van der Waals surface area contributed by atoms with Gasteiger partial charge in [0.25, 0.3) is 0 Å². The van der Waals surface area contributed by atoms with Crippen molar-refractivity contribution in [2.45, 2.75) is 5.92 Å². The summed E-state index contributed by atoms with van der Waals surface area (Å²) in [5, 5.41) is 8.99. The molecule has 1 N–H and O–H groups in total. The van der Waals surface area contributed by atoms with Crippen molar-refractivity contribution < 1.29 is 24.2 Å². The van der Waals surface area contributed by atoms with Crippen LogP contribution in [0, 0.1) is 5.92 Å². The predicted octanol–water partition coefficient (Wildman–Crippen LogP) is 1.04. The lowest BCUT2D eigenvalue weighted by atomic mass is 9.88. The van der Waals surface area contributed by atoms with Crippen LogP contribution in [0.5, 0.6) is 5.75 Å². The van der Waals surface area contributed by atoms with Gasteiger partial charge in [-0.05, 0) is 17.7 Å². The second-order valence-corrected chi connectivity index (χ2v) is 3.83. The summed E-state index contributed by atoms with van der Waals surface area (Å²) in [5.74, 6) is -2.66. The maximum atomic E-state index is 11.3. The van der Waals surface area contributed by atoms with E-state index in [0.29, 0.717) is 5.75 Å². The van der Waals surface area contributed by atoms with Gasteiger partial charge >= 0.3 is 11.9 Å². The molecule has 2 unspecified atom stereocenters. The number of esters is 1. The van der Waals surface area contributed by atoms with E-state index in [1.807, 2.05) is 0 Å². The summed E-state index contributed by atoms with van der Waals surface area (Å²) < 4.78 is 9.81. The number of ether oxygens (including phenoxy) is 2. The molecule has 0 aromatic heterocycles. The third-order valence-corrected chi connectivity index (χ3v) is 2.87. The fourth-order valence-electron chi connectivity index (χ4n) is 1.93. The first-order chi connectivity index (χ1) is 8.13. The smallest absolute Gasteiger partial charge is 0.321 e. The van der Waals surface area contributed by atoms with Crippen molar-refractivity contribution in [3.05, 3.63) is 29.8 Å². The summed E-state index contributed by atoms with van der Waals surface area (Å²) in [6, 6.07) is 6.97. The minimum Gasteiger partial charge on any atom is -0.497 e. The van der Waals surface area contributed by atoms with Crippen LogP contribution in [0.3, 0.4) is 0 Å². The average Bonchev–Trinajstić information content (AvgIpc) is 2.71. The number of carboxylic acids is 1. The second kappa shape index (κ2) is 4.45. The summed E-state index contributed by atoms with van der Waals surface area (Å²) >= 11 is 0. The Kier molecular flexibility index (Phi) is 2.99. The minimum absolute atomic E-state index is 0.113. The van der Waals surface area contributed by atoms with Gasteiger partial charge in [-0.1, -0.05) is 12.1 Å². The summed E-state index contributed by atoms with van der Waals surface area (Å²) in [6.07, 6.45) is 0. The van der Waals surface area contributed by atoms with E-state index >= 15 is 0 Å². The van der Waals surface area contributed by atoms with E-state index in [-0.39, 0.29) is 6.61 Å². The van der Waals surface area contributed by atoms with Crippen molar-refractivity contribution >= 4 is 11.9 Å². The fraction of sp³-hybridized carbons (Fsp3) is 0.333. The lowest BCUT2D eigenvalue weighted by molar-refractivity contribution is -0.152. The highest BCUT2D eigenvalue weighted by Gasteiger charge is 2.43. The highest BCUT2D eigenvalue weighted by atomic mass is 16.5. The molecule has 2 atom stereocenters. The molecule has 0 aliphatic carbocycles. The van der Waals surface area contributed by atoms with Gasteiger partial charge in [-0.15, -0.1) is 0 Å². The molecular formula is C12H12O5. The SMILES string of the molecule is COc1ccc(C2COC(=O)C2C(=O)O)cc1. The summed E-state index contributed by atoms with van der Waals surface area (Å²) in [7, 11) is 1.55. The molecule has 1 aliphatic heterocycles. The zero-order chi connectivity index (χ0) is 12.4. The van der Waals surface area contributed by atoms with Crippen LogP contribution in [0.4, 0.5) is 0 Å². The van der Waals surface area contributed by atoms with E-state index < -0.39 is 23.8 Å². The molecule has 0 amide bonds.